The first-order valence-electron chi connectivity index (χ1n) is 6.21. The highest BCUT2D eigenvalue weighted by Gasteiger charge is 2.14. The van der Waals surface area contributed by atoms with E-state index in [1.54, 1.807) is 0 Å². The van der Waals surface area contributed by atoms with Gasteiger partial charge in [0.15, 0.2) is 0 Å². The number of benzene rings is 1. The maximum atomic E-state index is 11.6. The number of carbonyl (C=O) groups excluding carboxylic acids is 1. The van der Waals surface area contributed by atoms with Gasteiger partial charge in [-0.3, -0.25) is 0 Å². The van der Waals surface area contributed by atoms with E-state index in [0.29, 0.717) is 17.5 Å². The van der Waals surface area contributed by atoms with Gasteiger partial charge in [0.1, 0.15) is 0 Å². The molecular weight excluding hydrogens is 250 g/mol. The Labute approximate surface area is 112 Å². The minimum absolute atomic E-state index is 0.123. The summed E-state index contributed by atoms with van der Waals surface area (Å²) in [5.41, 5.74) is 1.00. The van der Waals surface area contributed by atoms with E-state index in [0.717, 1.165) is 31.6 Å². The van der Waals surface area contributed by atoms with Crippen LogP contribution in [0.15, 0.2) is 24.3 Å². The second kappa shape index (κ2) is 6.61. The van der Waals surface area contributed by atoms with Crippen molar-refractivity contribution in [1.82, 2.24) is 16.0 Å². The molecule has 3 N–H and O–H groups in total. The summed E-state index contributed by atoms with van der Waals surface area (Å²) in [5.74, 6) is 0.557. The van der Waals surface area contributed by atoms with Gasteiger partial charge in [-0.15, -0.1) is 0 Å². The number of amides is 2. The van der Waals surface area contributed by atoms with Gasteiger partial charge in [0.25, 0.3) is 0 Å². The molecule has 2 amide bonds. The summed E-state index contributed by atoms with van der Waals surface area (Å²) in [5, 5.41) is 9.67. The lowest BCUT2D eigenvalue weighted by Crippen LogP contribution is -2.38. The second-order valence-electron chi connectivity index (χ2n) is 4.55. The van der Waals surface area contributed by atoms with Crippen molar-refractivity contribution in [2.24, 2.45) is 5.92 Å². The molecule has 1 heterocycles. The summed E-state index contributed by atoms with van der Waals surface area (Å²) in [6.07, 6.45) is 1.13. The predicted octanol–water partition coefficient (Wildman–Crippen LogP) is 1.75. The van der Waals surface area contributed by atoms with Crippen LogP contribution in [0, 0.1) is 5.92 Å². The van der Waals surface area contributed by atoms with Gasteiger partial charge in [0.05, 0.1) is 0 Å². The Bertz CT molecular complexity index is 405. The number of hydrogen-bond acceptors (Lipinski definition) is 2. The van der Waals surface area contributed by atoms with Gasteiger partial charge in [-0.2, -0.15) is 0 Å². The molecule has 1 aromatic carbocycles. The zero-order valence-corrected chi connectivity index (χ0v) is 11.0. The van der Waals surface area contributed by atoms with Crippen LogP contribution in [-0.2, 0) is 6.54 Å². The maximum absolute atomic E-state index is 11.6. The van der Waals surface area contributed by atoms with Gasteiger partial charge in [-0.05, 0) is 43.1 Å². The maximum Gasteiger partial charge on any atom is 0.315 e. The molecule has 1 fully saturated rings. The van der Waals surface area contributed by atoms with Gasteiger partial charge in [-0.1, -0.05) is 23.7 Å². The first-order valence-corrected chi connectivity index (χ1v) is 6.58. The van der Waals surface area contributed by atoms with E-state index in [4.69, 9.17) is 11.6 Å². The summed E-state index contributed by atoms with van der Waals surface area (Å²) in [4.78, 5) is 11.6. The molecule has 1 aromatic rings. The molecule has 1 aliphatic rings. The number of halogens is 1. The van der Waals surface area contributed by atoms with Crippen LogP contribution in [0.5, 0.6) is 0 Å². The summed E-state index contributed by atoms with van der Waals surface area (Å²) in [6, 6.07) is 7.36. The standard InChI is InChI=1S/C13H18ClN3O/c14-12-3-1-2-10(6-12)8-16-13(18)17-9-11-4-5-15-7-11/h1-3,6,11,15H,4-5,7-9H2,(H2,16,17,18). The van der Waals surface area contributed by atoms with E-state index in [2.05, 4.69) is 16.0 Å². The Kier molecular flexibility index (Phi) is 4.84. The van der Waals surface area contributed by atoms with Gasteiger partial charge >= 0.3 is 6.03 Å². The van der Waals surface area contributed by atoms with Crippen LogP contribution in [0.25, 0.3) is 0 Å². The molecule has 1 atom stereocenters. The summed E-state index contributed by atoms with van der Waals surface area (Å²) < 4.78 is 0. The van der Waals surface area contributed by atoms with E-state index in [9.17, 15) is 4.79 Å². The fourth-order valence-corrected chi connectivity index (χ4v) is 2.23. The molecule has 0 spiro atoms. The lowest BCUT2D eigenvalue weighted by Gasteiger charge is -2.11. The van der Waals surface area contributed by atoms with Crippen molar-refractivity contribution in [3.8, 4) is 0 Å². The fraction of sp³-hybridized carbons (Fsp3) is 0.462. The molecule has 98 valence electrons. The van der Waals surface area contributed by atoms with E-state index in [1.807, 2.05) is 24.3 Å². The molecule has 0 saturated carbocycles. The highest BCUT2D eigenvalue weighted by molar-refractivity contribution is 6.30. The Morgan fingerprint density at radius 2 is 2.33 bits per heavy atom. The molecule has 5 heteroatoms. The van der Waals surface area contributed by atoms with Crippen LogP contribution in [0.1, 0.15) is 12.0 Å². The number of hydrogen-bond donors (Lipinski definition) is 3. The molecule has 1 saturated heterocycles. The smallest absolute Gasteiger partial charge is 0.315 e. The van der Waals surface area contributed by atoms with Crippen LogP contribution in [0.2, 0.25) is 5.02 Å². The number of nitrogens with one attached hydrogen (secondary N) is 3. The average Bonchev–Trinajstić information content (AvgIpc) is 2.87. The highest BCUT2D eigenvalue weighted by atomic mass is 35.5. The summed E-state index contributed by atoms with van der Waals surface area (Å²) >= 11 is 5.87. The van der Waals surface area contributed by atoms with Crippen molar-refractivity contribution in [3.63, 3.8) is 0 Å². The zero-order chi connectivity index (χ0) is 12.8. The van der Waals surface area contributed by atoms with E-state index in [1.165, 1.54) is 0 Å². The van der Waals surface area contributed by atoms with E-state index >= 15 is 0 Å². The van der Waals surface area contributed by atoms with Crippen LogP contribution in [0.4, 0.5) is 4.79 Å². The molecule has 0 aliphatic carbocycles. The zero-order valence-electron chi connectivity index (χ0n) is 10.2. The molecule has 0 aromatic heterocycles. The fourth-order valence-electron chi connectivity index (χ4n) is 2.02. The molecule has 18 heavy (non-hydrogen) atoms. The average molecular weight is 268 g/mol. The third-order valence-corrected chi connectivity index (χ3v) is 3.29. The largest absolute Gasteiger partial charge is 0.338 e. The number of urea groups is 1. The first-order chi connectivity index (χ1) is 8.74. The number of rotatable bonds is 4. The highest BCUT2D eigenvalue weighted by Crippen LogP contribution is 2.10. The summed E-state index contributed by atoms with van der Waals surface area (Å²) in [7, 11) is 0. The topological polar surface area (TPSA) is 53.2 Å². The van der Waals surface area contributed by atoms with E-state index in [-0.39, 0.29) is 6.03 Å². The molecule has 1 aliphatic heterocycles. The Morgan fingerprint density at radius 1 is 1.44 bits per heavy atom. The van der Waals surface area contributed by atoms with Crippen molar-refractivity contribution in [3.05, 3.63) is 34.9 Å². The SMILES string of the molecule is O=C(NCc1cccc(Cl)c1)NCC1CCNC1. The third kappa shape index (κ3) is 4.20. The van der Waals surface area contributed by atoms with Crippen LogP contribution < -0.4 is 16.0 Å². The first kappa shape index (κ1) is 13.2. The minimum atomic E-state index is -0.123. The lowest BCUT2D eigenvalue weighted by atomic mass is 10.1. The van der Waals surface area contributed by atoms with Crippen LogP contribution in [-0.4, -0.2) is 25.7 Å². The quantitative estimate of drug-likeness (QED) is 0.779. The summed E-state index contributed by atoms with van der Waals surface area (Å²) in [6.45, 7) is 3.27. The molecule has 2 rings (SSSR count). The van der Waals surface area contributed by atoms with Crippen LogP contribution >= 0.6 is 11.6 Å². The third-order valence-electron chi connectivity index (χ3n) is 3.06. The monoisotopic (exact) mass is 267 g/mol. The Morgan fingerprint density at radius 3 is 3.06 bits per heavy atom. The Hall–Kier alpha value is -1.26. The van der Waals surface area contributed by atoms with E-state index < -0.39 is 0 Å². The van der Waals surface area contributed by atoms with Crippen molar-refractivity contribution in [2.75, 3.05) is 19.6 Å². The molecule has 1 unspecified atom stereocenters. The minimum Gasteiger partial charge on any atom is -0.338 e. The molecular formula is C13H18ClN3O. The van der Waals surface area contributed by atoms with Crippen molar-refractivity contribution in [1.29, 1.82) is 0 Å². The lowest BCUT2D eigenvalue weighted by molar-refractivity contribution is 0.239. The van der Waals surface area contributed by atoms with Gasteiger partial charge < -0.3 is 16.0 Å². The predicted molar refractivity (Wildman–Crippen MR) is 72.7 cm³/mol. The van der Waals surface area contributed by atoms with Crippen molar-refractivity contribution < 1.29 is 4.79 Å². The molecule has 4 nitrogen and oxygen atoms in total. The molecule has 0 radical (unpaired) electrons. The van der Waals surface area contributed by atoms with Gasteiger partial charge in [0, 0.05) is 18.1 Å². The van der Waals surface area contributed by atoms with Gasteiger partial charge in [0.2, 0.25) is 0 Å². The van der Waals surface area contributed by atoms with Crippen molar-refractivity contribution >= 4 is 17.6 Å². The van der Waals surface area contributed by atoms with Gasteiger partial charge in [-0.25, -0.2) is 4.79 Å². The normalized spacial score (nSPS) is 18.6. The number of carbonyl (C=O) groups is 1. The second-order valence-corrected chi connectivity index (χ2v) is 4.99. The van der Waals surface area contributed by atoms with Crippen LogP contribution in [0.3, 0.4) is 0 Å². The van der Waals surface area contributed by atoms with Crippen molar-refractivity contribution in [2.45, 2.75) is 13.0 Å². The Balaban J connectivity index is 1.68. The molecule has 0 bridgehead atoms.